The normalized spacial score (nSPS) is 19.6. The highest BCUT2D eigenvalue weighted by atomic mass is 79.9. The number of rotatable bonds is 4. The lowest BCUT2D eigenvalue weighted by molar-refractivity contribution is 0.337. The molecule has 0 aromatic heterocycles. The minimum atomic E-state index is 0.665. The summed E-state index contributed by atoms with van der Waals surface area (Å²) in [5.74, 6) is 0.974. The van der Waals surface area contributed by atoms with E-state index in [0.29, 0.717) is 4.83 Å². The summed E-state index contributed by atoms with van der Waals surface area (Å²) >= 11 is 3.85. The molecule has 1 aliphatic rings. The van der Waals surface area contributed by atoms with Crippen molar-refractivity contribution in [3.05, 3.63) is 35.9 Å². The molecule has 0 spiro atoms. The molecule has 0 saturated heterocycles. The molecule has 1 heteroatoms. The zero-order valence-electron chi connectivity index (χ0n) is 9.87. The first kappa shape index (κ1) is 12.2. The van der Waals surface area contributed by atoms with Crippen LogP contribution in [-0.4, -0.2) is 4.83 Å². The molecule has 1 aromatic carbocycles. The first-order valence-corrected chi connectivity index (χ1v) is 7.44. The van der Waals surface area contributed by atoms with E-state index in [9.17, 15) is 0 Å². The quantitative estimate of drug-likeness (QED) is 0.684. The highest BCUT2D eigenvalue weighted by molar-refractivity contribution is 9.09. The molecule has 16 heavy (non-hydrogen) atoms. The Morgan fingerprint density at radius 3 is 2.44 bits per heavy atom. The van der Waals surface area contributed by atoms with E-state index in [1.54, 1.807) is 0 Å². The van der Waals surface area contributed by atoms with Crippen LogP contribution in [0.4, 0.5) is 0 Å². The van der Waals surface area contributed by atoms with Gasteiger partial charge in [0.2, 0.25) is 0 Å². The molecule has 2 rings (SSSR count). The topological polar surface area (TPSA) is 0 Å². The Bertz CT molecular complexity index is 288. The Hall–Kier alpha value is -0.300. The van der Waals surface area contributed by atoms with Crippen LogP contribution < -0.4 is 0 Å². The molecule has 1 saturated carbocycles. The molecule has 0 nitrogen and oxygen atoms in total. The maximum Gasteiger partial charge on any atom is 0.0188 e. The average molecular weight is 281 g/mol. The molecule has 0 bridgehead atoms. The average Bonchev–Trinajstić information content (AvgIpc) is 2.31. The van der Waals surface area contributed by atoms with Gasteiger partial charge >= 0.3 is 0 Å². The van der Waals surface area contributed by atoms with E-state index < -0.39 is 0 Å². The highest BCUT2D eigenvalue weighted by Gasteiger charge is 2.17. The van der Waals surface area contributed by atoms with Crippen LogP contribution in [0.1, 0.15) is 44.1 Å². The lowest BCUT2D eigenvalue weighted by Crippen LogP contribution is -2.13. The summed E-state index contributed by atoms with van der Waals surface area (Å²) in [6.07, 6.45) is 9.81. The Morgan fingerprint density at radius 2 is 1.75 bits per heavy atom. The fourth-order valence-electron chi connectivity index (χ4n) is 2.74. The number of hydrogen-bond donors (Lipinski definition) is 0. The van der Waals surface area contributed by atoms with E-state index in [1.807, 2.05) is 0 Å². The Morgan fingerprint density at radius 1 is 1.06 bits per heavy atom. The van der Waals surface area contributed by atoms with Gasteiger partial charge in [-0.1, -0.05) is 78.4 Å². The molecular formula is C15H21Br. The molecule has 0 N–H and O–H groups in total. The summed E-state index contributed by atoms with van der Waals surface area (Å²) < 4.78 is 0. The fourth-order valence-corrected chi connectivity index (χ4v) is 3.64. The summed E-state index contributed by atoms with van der Waals surface area (Å²) in [5.41, 5.74) is 1.46. The van der Waals surface area contributed by atoms with Crippen molar-refractivity contribution >= 4 is 15.9 Å². The third kappa shape index (κ3) is 3.93. The maximum atomic E-state index is 3.85. The minimum absolute atomic E-state index is 0.665. The van der Waals surface area contributed by atoms with Crippen molar-refractivity contribution in [3.63, 3.8) is 0 Å². The Balaban J connectivity index is 1.77. The molecule has 1 atom stereocenters. The second-order valence-electron chi connectivity index (χ2n) is 5.03. The second kappa shape index (κ2) is 6.44. The molecule has 1 aromatic rings. The van der Waals surface area contributed by atoms with Crippen LogP contribution in [0.2, 0.25) is 0 Å². The predicted octanol–water partition coefficient (Wildman–Crippen LogP) is 4.96. The first-order valence-electron chi connectivity index (χ1n) is 6.52. The van der Waals surface area contributed by atoms with E-state index >= 15 is 0 Å². The van der Waals surface area contributed by atoms with Gasteiger partial charge in [-0.05, 0) is 24.3 Å². The van der Waals surface area contributed by atoms with Crippen LogP contribution in [0.3, 0.4) is 0 Å². The van der Waals surface area contributed by atoms with Crippen LogP contribution in [0.15, 0.2) is 30.3 Å². The number of alkyl halides is 1. The molecule has 1 aliphatic carbocycles. The Labute approximate surface area is 108 Å². The van der Waals surface area contributed by atoms with Gasteiger partial charge in [-0.2, -0.15) is 0 Å². The largest absolute Gasteiger partial charge is 0.0887 e. The lowest BCUT2D eigenvalue weighted by atomic mass is 9.85. The molecule has 0 aliphatic heterocycles. The van der Waals surface area contributed by atoms with E-state index in [2.05, 4.69) is 46.3 Å². The zero-order valence-corrected chi connectivity index (χ0v) is 11.5. The van der Waals surface area contributed by atoms with Gasteiger partial charge in [-0.25, -0.2) is 0 Å². The summed E-state index contributed by atoms with van der Waals surface area (Å²) in [7, 11) is 0. The van der Waals surface area contributed by atoms with Crippen molar-refractivity contribution in [2.24, 2.45) is 5.92 Å². The van der Waals surface area contributed by atoms with Crippen LogP contribution in [0, 0.1) is 5.92 Å². The molecule has 0 radical (unpaired) electrons. The minimum Gasteiger partial charge on any atom is -0.0887 e. The highest BCUT2D eigenvalue weighted by Crippen LogP contribution is 2.30. The summed E-state index contributed by atoms with van der Waals surface area (Å²) in [5, 5.41) is 0. The zero-order chi connectivity index (χ0) is 11.2. The van der Waals surface area contributed by atoms with Gasteiger partial charge in [0.25, 0.3) is 0 Å². The maximum absolute atomic E-state index is 3.85. The van der Waals surface area contributed by atoms with Crippen molar-refractivity contribution in [1.29, 1.82) is 0 Å². The van der Waals surface area contributed by atoms with Crippen LogP contribution in [-0.2, 0) is 6.42 Å². The van der Waals surface area contributed by atoms with Gasteiger partial charge in [0.15, 0.2) is 0 Å². The van der Waals surface area contributed by atoms with Crippen LogP contribution in [0.5, 0.6) is 0 Å². The molecule has 0 amide bonds. The predicted molar refractivity (Wildman–Crippen MR) is 74.1 cm³/mol. The third-order valence-corrected chi connectivity index (χ3v) is 4.31. The monoisotopic (exact) mass is 280 g/mol. The Kier molecular flexibility index (Phi) is 4.90. The summed E-state index contributed by atoms with van der Waals surface area (Å²) in [6, 6.07) is 10.8. The van der Waals surface area contributed by atoms with Crippen molar-refractivity contribution in [1.82, 2.24) is 0 Å². The van der Waals surface area contributed by atoms with Crippen LogP contribution >= 0.6 is 15.9 Å². The SMILES string of the molecule is BrC(Cc1ccccc1)CC1CCCCC1. The van der Waals surface area contributed by atoms with Gasteiger partial charge in [0.05, 0.1) is 0 Å². The van der Waals surface area contributed by atoms with Crippen molar-refractivity contribution in [2.75, 3.05) is 0 Å². The third-order valence-electron chi connectivity index (χ3n) is 3.61. The number of hydrogen-bond acceptors (Lipinski definition) is 0. The van der Waals surface area contributed by atoms with Gasteiger partial charge in [0.1, 0.15) is 0 Å². The van der Waals surface area contributed by atoms with Crippen molar-refractivity contribution in [3.8, 4) is 0 Å². The van der Waals surface area contributed by atoms with Gasteiger partial charge in [-0.3, -0.25) is 0 Å². The number of halogens is 1. The number of benzene rings is 1. The molecule has 0 heterocycles. The molecule has 1 fully saturated rings. The first-order chi connectivity index (χ1) is 7.84. The van der Waals surface area contributed by atoms with Crippen molar-refractivity contribution in [2.45, 2.75) is 49.8 Å². The summed E-state index contributed by atoms with van der Waals surface area (Å²) in [4.78, 5) is 0.665. The van der Waals surface area contributed by atoms with Gasteiger partial charge in [0, 0.05) is 4.83 Å². The van der Waals surface area contributed by atoms with E-state index in [4.69, 9.17) is 0 Å². The standard InChI is InChI=1S/C15H21Br/c16-15(11-13-7-3-1-4-8-13)12-14-9-5-2-6-10-14/h1,3-4,7-8,14-15H,2,5-6,9-12H2. The fraction of sp³-hybridized carbons (Fsp3) is 0.600. The van der Waals surface area contributed by atoms with Crippen LogP contribution in [0.25, 0.3) is 0 Å². The van der Waals surface area contributed by atoms with E-state index in [1.165, 1.54) is 50.5 Å². The van der Waals surface area contributed by atoms with Gasteiger partial charge in [-0.15, -0.1) is 0 Å². The van der Waals surface area contributed by atoms with Gasteiger partial charge < -0.3 is 0 Å². The summed E-state index contributed by atoms with van der Waals surface area (Å²) in [6.45, 7) is 0. The molecular weight excluding hydrogens is 260 g/mol. The van der Waals surface area contributed by atoms with E-state index in [0.717, 1.165) is 5.92 Å². The molecule has 1 unspecified atom stereocenters. The van der Waals surface area contributed by atoms with E-state index in [-0.39, 0.29) is 0 Å². The smallest absolute Gasteiger partial charge is 0.0188 e. The molecule has 88 valence electrons. The lowest BCUT2D eigenvalue weighted by Gasteiger charge is -2.23. The van der Waals surface area contributed by atoms with Crippen molar-refractivity contribution < 1.29 is 0 Å². The second-order valence-corrected chi connectivity index (χ2v) is 6.32.